The Bertz CT molecular complexity index is 413. The molecule has 0 bridgehead atoms. The van der Waals surface area contributed by atoms with Crippen molar-refractivity contribution in [2.75, 3.05) is 14.2 Å². The lowest BCUT2D eigenvalue weighted by Gasteiger charge is -2.42. The Morgan fingerprint density at radius 2 is 2.11 bits per heavy atom. The molecule has 0 amide bonds. The van der Waals surface area contributed by atoms with Crippen LogP contribution >= 0.6 is 15.9 Å². The molecule has 0 radical (unpaired) electrons. The molecule has 0 aliphatic heterocycles. The molecule has 1 atom stereocenters. The van der Waals surface area contributed by atoms with E-state index in [1.165, 1.54) is 19.6 Å². The SMILES string of the molecule is COc1ccc(C(Br)CC2(OC)CCC2)cc1F. The minimum Gasteiger partial charge on any atom is -0.494 e. The molecule has 1 saturated carbocycles. The number of alkyl halides is 1. The summed E-state index contributed by atoms with van der Waals surface area (Å²) in [5, 5.41) is 0. The zero-order valence-corrected chi connectivity index (χ0v) is 12.3. The molecule has 0 heterocycles. The molecule has 0 N–H and O–H groups in total. The fraction of sp³-hybridized carbons (Fsp3) is 0.571. The molecular weight excluding hydrogens is 299 g/mol. The van der Waals surface area contributed by atoms with Gasteiger partial charge in [0, 0.05) is 11.9 Å². The molecule has 18 heavy (non-hydrogen) atoms. The Labute approximate surface area is 116 Å². The molecule has 0 spiro atoms. The highest BCUT2D eigenvalue weighted by Gasteiger charge is 2.38. The average Bonchev–Trinajstić information content (AvgIpc) is 2.33. The summed E-state index contributed by atoms with van der Waals surface area (Å²) in [5.74, 6) is -0.0388. The lowest BCUT2D eigenvalue weighted by molar-refractivity contribution is -0.0773. The summed E-state index contributed by atoms with van der Waals surface area (Å²) < 4.78 is 24.2. The Morgan fingerprint density at radius 3 is 2.56 bits per heavy atom. The molecule has 1 fully saturated rings. The molecule has 0 saturated heterocycles. The molecule has 100 valence electrons. The van der Waals surface area contributed by atoms with Crippen LogP contribution in [0.2, 0.25) is 0 Å². The van der Waals surface area contributed by atoms with E-state index in [1.807, 2.05) is 6.07 Å². The van der Waals surface area contributed by atoms with Gasteiger partial charge in [0.2, 0.25) is 0 Å². The minimum absolute atomic E-state index is 0.0232. The van der Waals surface area contributed by atoms with E-state index in [1.54, 1.807) is 13.2 Å². The zero-order chi connectivity index (χ0) is 13.2. The molecule has 1 aromatic rings. The lowest BCUT2D eigenvalue weighted by atomic mass is 9.76. The lowest BCUT2D eigenvalue weighted by Crippen LogP contribution is -2.39. The summed E-state index contributed by atoms with van der Waals surface area (Å²) in [6.45, 7) is 0. The normalized spacial score (nSPS) is 19.1. The van der Waals surface area contributed by atoms with Gasteiger partial charge in [-0.1, -0.05) is 22.0 Å². The summed E-state index contributed by atoms with van der Waals surface area (Å²) in [6, 6.07) is 5.09. The Balaban J connectivity index is 2.09. The number of rotatable bonds is 5. The van der Waals surface area contributed by atoms with E-state index in [0.29, 0.717) is 0 Å². The maximum Gasteiger partial charge on any atom is 0.165 e. The van der Waals surface area contributed by atoms with Crippen LogP contribution in [-0.2, 0) is 4.74 Å². The van der Waals surface area contributed by atoms with E-state index in [-0.39, 0.29) is 22.0 Å². The third-order valence-electron chi connectivity index (χ3n) is 3.79. The first kappa shape index (κ1) is 13.8. The van der Waals surface area contributed by atoms with Gasteiger partial charge in [0.05, 0.1) is 12.7 Å². The summed E-state index contributed by atoms with van der Waals surface area (Å²) in [4.78, 5) is 0.109. The number of methoxy groups -OCH3 is 2. The molecule has 1 unspecified atom stereocenters. The first-order chi connectivity index (χ1) is 8.60. The molecule has 1 aliphatic rings. The van der Waals surface area contributed by atoms with Gasteiger partial charge in [-0.2, -0.15) is 0 Å². The van der Waals surface area contributed by atoms with Crippen LogP contribution < -0.4 is 4.74 Å². The fourth-order valence-corrected chi connectivity index (χ4v) is 3.26. The molecule has 2 nitrogen and oxygen atoms in total. The van der Waals surface area contributed by atoms with E-state index in [0.717, 1.165) is 24.8 Å². The molecule has 2 rings (SSSR count). The van der Waals surface area contributed by atoms with Gasteiger partial charge in [-0.25, -0.2) is 4.39 Å². The quantitative estimate of drug-likeness (QED) is 0.757. The Kier molecular flexibility index (Phi) is 4.28. The van der Waals surface area contributed by atoms with Crippen molar-refractivity contribution in [3.63, 3.8) is 0 Å². The second-order valence-corrected chi connectivity index (χ2v) is 5.91. The second kappa shape index (κ2) is 5.57. The first-order valence-corrected chi connectivity index (χ1v) is 7.04. The van der Waals surface area contributed by atoms with Gasteiger partial charge in [-0.3, -0.25) is 0 Å². The highest BCUT2D eigenvalue weighted by molar-refractivity contribution is 9.09. The van der Waals surface area contributed by atoms with E-state index < -0.39 is 0 Å². The number of halogens is 2. The van der Waals surface area contributed by atoms with Gasteiger partial charge in [0.15, 0.2) is 11.6 Å². The van der Waals surface area contributed by atoms with Crippen LogP contribution in [0.15, 0.2) is 18.2 Å². The number of hydrogen-bond donors (Lipinski definition) is 0. The maximum atomic E-state index is 13.6. The van der Waals surface area contributed by atoms with Crippen LogP contribution in [0.1, 0.15) is 36.1 Å². The summed E-state index contributed by atoms with van der Waals surface area (Å²) in [7, 11) is 3.23. The predicted octanol–water partition coefficient (Wildman–Crippen LogP) is 4.23. The smallest absolute Gasteiger partial charge is 0.165 e. The van der Waals surface area contributed by atoms with Gasteiger partial charge in [0.25, 0.3) is 0 Å². The van der Waals surface area contributed by atoms with E-state index >= 15 is 0 Å². The maximum absolute atomic E-state index is 13.6. The highest BCUT2D eigenvalue weighted by atomic mass is 79.9. The average molecular weight is 317 g/mol. The summed E-state index contributed by atoms with van der Waals surface area (Å²) >= 11 is 3.63. The van der Waals surface area contributed by atoms with Crippen LogP contribution in [-0.4, -0.2) is 19.8 Å². The van der Waals surface area contributed by atoms with Crippen LogP contribution in [0.5, 0.6) is 5.75 Å². The second-order valence-electron chi connectivity index (χ2n) is 4.81. The van der Waals surface area contributed by atoms with E-state index in [4.69, 9.17) is 9.47 Å². The number of ether oxygens (including phenoxy) is 2. The summed E-state index contributed by atoms with van der Waals surface area (Å²) in [5.41, 5.74) is 0.904. The van der Waals surface area contributed by atoms with Gasteiger partial charge >= 0.3 is 0 Å². The molecular formula is C14H18BrFO2. The van der Waals surface area contributed by atoms with E-state index in [9.17, 15) is 4.39 Å². The first-order valence-electron chi connectivity index (χ1n) is 6.13. The summed E-state index contributed by atoms with van der Waals surface area (Å²) in [6.07, 6.45) is 4.26. The van der Waals surface area contributed by atoms with Gasteiger partial charge < -0.3 is 9.47 Å². The molecule has 1 aromatic carbocycles. The van der Waals surface area contributed by atoms with Crippen LogP contribution in [0, 0.1) is 5.82 Å². The van der Waals surface area contributed by atoms with Crippen molar-refractivity contribution in [2.24, 2.45) is 0 Å². The van der Waals surface area contributed by atoms with Crippen molar-refractivity contribution in [3.05, 3.63) is 29.6 Å². The predicted molar refractivity (Wildman–Crippen MR) is 72.8 cm³/mol. The standard InChI is InChI=1S/C14H18BrFO2/c1-17-13-5-4-10(8-12(13)16)11(15)9-14(18-2)6-3-7-14/h4-5,8,11H,3,6-7,9H2,1-2H3. The number of hydrogen-bond acceptors (Lipinski definition) is 2. The van der Waals surface area contributed by atoms with Crippen molar-refractivity contribution in [1.82, 2.24) is 0 Å². The topological polar surface area (TPSA) is 18.5 Å². The third kappa shape index (κ3) is 2.69. The van der Waals surface area contributed by atoms with Gasteiger partial charge in [0.1, 0.15) is 0 Å². The van der Waals surface area contributed by atoms with Crippen molar-refractivity contribution < 1.29 is 13.9 Å². The van der Waals surface area contributed by atoms with Crippen molar-refractivity contribution in [1.29, 1.82) is 0 Å². The molecule has 1 aliphatic carbocycles. The fourth-order valence-electron chi connectivity index (χ4n) is 2.38. The monoisotopic (exact) mass is 316 g/mol. The number of benzene rings is 1. The third-order valence-corrected chi connectivity index (χ3v) is 4.64. The highest BCUT2D eigenvalue weighted by Crippen LogP contribution is 2.44. The van der Waals surface area contributed by atoms with Gasteiger partial charge in [-0.05, 0) is 43.4 Å². The molecule has 4 heteroatoms. The minimum atomic E-state index is -0.320. The van der Waals surface area contributed by atoms with Crippen LogP contribution in [0.4, 0.5) is 4.39 Å². The van der Waals surface area contributed by atoms with Crippen LogP contribution in [0.25, 0.3) is 0 Å². The zero-order valence-electron chi connectivity index (χ0n) is 10.7. The Hall–Kier alpha value is -0.610. The largest absolute Gasteiger partial charge is 0.494 e. The van der Waals surface area contributed by atoms with Crippen molar-refractivity contribution >= 4 is 15.9 Å². The van der Waals surface area contributed by atoms with Crippen LogP contribution in [0.3, 0.4) is 0 Å². The van der Waals surface area contributed by atoms with Crippen molar-refractivity contribution in [3.8, 4) is 5.75 Å². The van der Waals surface area contributed by atoms with Gasteiger partial charge in [-0.15, -0.1) is 0 Å². The van der Waals surface area contributed by atoms with E-state index in [2.05, 4.69) is 15.9 Å². The van der Waals surface area contributed by atoms with Crippen molar-refractivity contribution in [2.45, 2.75) is 36.1 Å². The molecule has 0 aromatic heterocycles. The Morgan fingerprint density at radius 1 is 1.39 bits per heavy atom.